The molecule has 0 aliphatic carbocycles. The summed E-state index contributed by atoms with van der Waals surface area (Å²) in [5, 5.41) is 3.45. The predicted molar refractivity (Wildman–Crippen MR) is 88.0 cm³/mol. The number of nitrogens with zero attached hydrogens (tertiary/aromatic N) is 1. The quantitative estimate of drug-likeness (QED) is 0.563. The van der Waals surface area contributed by atoms with Crippen molar-refractivity contribution >= 4 is 0 Å². The maximum atomic E-state index is 4.18. The third kappa shape index (κ3) is 6.51. The molecular formula is C18H32N2. The lowest BCUT2D eigenvalue weighted by Gasteiger charge is -2.18. The summed E-state index contributed by atoms with van der Waals surface area (Å²) >= 11 is 0. The fourth-order valence-electron chi connectivity index (χ4n) is 2.81. The molecule has 0 fully saturated rings. The fourth-order valence-corrected chi connectivity index (χ4v) is 2.81. The van der Waals surface area contributed by atoms with Gasteiger partial charge in [-0.25, -0.2) is 0 Å². The van der Waals surface area contributed by atoms with Gasteiger partial charge in [0.05, 0.1) is 0 Å². The third-order valence-electron chi connectivity index (χ3n) is 4.13. The van der Waals surface area contributed by atoms with E-state index in [1.807, 2.05) is 12.4 Å². The number of nitrogens with one attached hydrogen (secondary N) is 1. The molecule has 20 heavy (non-hydrogen) atoms. The van der Waals surface area contributed by atoms with E-state index < -0.39 is 0 Å². The molecule has 1 atom stereocenters. The molecule has 2 nitrogen and oxygen atoms in total. The molecule has 114 valence electrons. The first-order valence-corrected chi connectivity index (χ1v) is 8.37. The van der Waals surface area contributed by atoms with Crippen LogP contribution in [0.25, 0.3) is 0 Å². The van der Waals surface area contributed by atoms with Crippen LogP contribution < -0.4 is 5.32 Å². The van der Waals surface area contributed by atoms with Crippen LogP contribution >= 0.6 is 0 Å². The van der Waals surface area contributed by atoms with Crippen molar-refractivity contribution in [1.82, 2.24) is 10.3 Å². The maximum Gasteiger partial charge on any atom is 0.0321 e. The summed E-state index contributed by atoms with van der Waals surface area (Å²) in [6.07, 6.45) is 16.2. The number of pyridine rings is 1. The highest BCUT2D eigenvalue weighted by Crippen LogP contribution is 2.22. The fraction of sp³-hybridized carbons (Fsp3) is 0.722. The van der Waals surface area contributed by atoms with Gasteiger partial charge in [0.15, 0.2) is 0 Å². The maximum absolute atomic E-state index is 4.18. The summed E-state index contributed by atoms with van der Waals surface area (Å²) in [5.41, 5.74) is 2.71. The van der Waals surface area contributed by atoms with Gasteiger partial charge in [0.2, 0.25) is 0 Å². The van der Waals surface area contributed by atoms with Gasteiger partial charge in [-0.2, -0.15) is 0 Å². The van der Waals surface area contributed by atoms with Crippen molar-refractivity contribution in [3.05, 3.63) is 29.6 Å². The number of rotatable bonds is 11. The number of unbranched alkanes of at least 4 members (excludes halogenated alkanes) is 7. The van der Waals surface area contributed by atoms with Gasteiger partial charge in [-0.05, 0) is 37.6 Å². The van der Waals surface area contributed by atoms with Crippen molar-refractivity contribution in [2.24, 2.45) is 0 Å². The lowest BCUT2D eigenvalue weighted by molar-refractivity contribution is 0.492. The summed E-state index contributed by atoms with van der Waals surface area (Å²) < 4.78 is 0. The van der Waals surface area contributed by atoms with Gasteiger partial charge in [0, 0.05) is 18.4 Å². The van der Waals surface area contributed by atoms with Gasteiger partial charge < -0.3 is 5.32 Å². The van der Waals surface area contributed by atoms with Crippen LogP contribution in [-0.4, -0.2) is 12.0 Å². The van der Waals surface area contributed by atoms with E-state index in [1.54, 1.807) is 0 Å². The first kappa shape index (κ1) is 17.2. The summed E-state index contributed by atoms with van der Waals surface area (Å²) in [7, 11) is 2.06. The monoisotopic (exact) mass is 276 g/mol. The first-order chi connectivity index (χ1) is 9.79. The van der Waals surface area contributed by atoms with Crippen molar-refractivity contribution in [2.45, 2.75) is 77.7 Å². The van der Waals surface area contributed by atoms with Crippen LogP contribution in [0.5, 0.6) is 0 Å². The largest absolute Gasteiger partial charge is 0.313 e. The highest BCUT2D eigenvalue weighted by molar-refractivity contribution is 5.25. The van der Waals surface area contributed by atoms with Crippen LogP contribution in [0, 0.1) is 6.92 Å². The Kier molecular flexibility index (Phi) is 9.31. The summed E-state index contributed by atoms with van der Waals surface area (Å²) in [6.45, 7) is 4.43. The van der Waals surface area contributed by atoms with Crippen molar-refractivity contribution in [2.75, 3.05) is 7.05 Å². The Hall–Kier alpha value is -0.890. The zero-order chi connectivity index (χ0) is 14.6. The summed E-state index contributed by atoms with van der Waals surface area (Å²) in [4.78, 5) is 4.18. The molecule has 1 rings (SSSR count). The lowest BCUT2D eigenvalue weighted by Crippen LogP contribution is -2.17. The second-order valence-electron chi connectivity index (χ2n) is 5.84. The standard InChI is InChI=1S/C18H32N2/c1-4-5-6-7-8-9-10-11-12-18(19-3)17-13-14-20-15-16(17)2/h13-15,18-19H,4-12H2,1-3H3. The zero-order valence-corrected chi connectivity index (χ0v) is 13.6. The average Bonchev–Trinajstić information content (AvgIpc) is 2.47. The second kappa shape index (κ2) is 10.8. The van der Waals surface area contributed by atoms with Gasteiger partial charge in [-0.1, -0.05) is 58.3 Å². The van der Waals surface area contributed by atoms with Crippen LogP contribution in [0.1, 0.15) is 81.9 Å². The molecule has 0 bridgehead atoms. The van der Waals surface area contributed by atoms with E-state index in [4.69, 9.17) is 0 Å². The molecular weight excluding hydrogens is 244 g/mol. The SMILES string of the molecule is CCCCCCCCCCC(NC)c1ccncc1C. The Morgan fingerprint density at radius 3 is 2.30 bits per heavy atom. The van der Waals surface area contributed by atoms with E-state index in [9.17, 15) is 0 Å². The number of aromatic nitrogens is 1. The summed E-state index contributed by atoms with van der Waals surface area (Å²) in [5.74, 6) is 0. The molecule has 1 heterocycles. The van der Waals surface area contributed by atoms with Crippen molar-refractivity contribution in [1.29, 1.82) is 0 Å². The van der Waals surface area contributed by atoms with Gasteiger partial charge in [-0.15, -0.1) is 0 Å². The molecule has 1 N–H and O–H groups in total. The molecule has 0 amide bonds. The molecule has 1 aromatic heterocycles. The Morgan fingerprint density at radius 1 is 1.05 bits per heavy atom. The van der Waals surface area contributed by atoms with Gasteiger partial charge in [0.1, 0.15) is 0 Å². The molecule has 1 aromatic rings. The molecule has 0 saturated carbocycles. The minimum absolute atomic E-state index is 0.484. The van der Waals surface area contributed by atoms with E-state index in [1.165, 1.54) is 68.9 Å². The van der Waals surface area contributed by atoms with Gasteiger partial charge >= 0.3 is 0 Å². The Bertz CT molecular complexity index is 349. The number of aryl methyl sites for hydroxylation is 1. The normalized spacial score (nSPS) is 12.6. The average molecular weight is 276 g/mol. The molecule has 2 heteroatoms. The highest BCUT2D eigenvalue weighted by atomic mass is 14.9. The van der Waals surface area contributed by atoms with E-state index in [0.29, 0.717) is 6.04 Å². The van der Waals surface area contributed by atoms with Crippen molar-refractivity contribution in [3.63, 3.8) is 0 Å². The Labute approximate surface area is 125 Å². The van der Waals surface area contributed by atoms with Crippen LogP contribution in [0.3, 0.4) is 0 Å². The van der Waals surface area contributed by atoms with Gasteiger partial charge in [0.25, 0.3) is 0 Å². The van der Waals surface area contributed by atoms with E-state index in [-0.39, 0.29) is 0 Å². The minimum Gasteiger partial charge on any atom is -0.313 e. The highest BCUT2D eigenvalue weighted by Gasteiger charge is 2.10. The minimum atomic E-state index is 0.484. The molecule has 0 saturated heterocycles. The van der Waals surface area contributed by atoms with Gasteiger partial charge in [-0.3, -0.25) is 4.98 Å². The Balaban J connectivity index is 2.18. The molecule has 1 unspecified atom stereocenters. The van der Waals surface area contributed by atoms with Crippen LogP contribution in [0.2, 0.25) is 0 Å². The van der Waals surface area contributed by atoms with Crippen LogP contribution in [0.4, 0.5) is 0 Å². The molecule has 0 radical (unpaired) electrons. The van der Waals surface area contributed by atoms with E-state index in [2.05, 4.69) is 37.3 Å². The van der Waals surface area contributed by atoms with E-state index in [0.717, 1.165) is 0 Å². The number of hydrogen-bond acceptors (Lipinski definition) is 2. The van der Waals surface area contributed by atoms with Crippen molar-refractivity contribution < 1.29 is 0 Å². The first-order valence-electron chi connectivity index (χ1n) is 8.37. The van der Waals surface area contributed by atoms with Crippen LogP contribution in [0.15, 0.2) is 18.5 Å². The molecule has 0 aliphatic rings. The Morgan fingerprint density at radius 2 is 1.70 bits per heavy atom. The lowest BCUT2D eigenvalue weighted by atomic mass is 9.97. The number of hydrogen-bond donors (Lipinski definition) is 1. The predicted octanol–water partition coefficient (Wildman–Crippen LogP) is 5.18. The van der Waals surface area contributed by atoms with Crippen molar-refractivity contribution in [3.8, 4) is 0 Å². The molecule has 0 aliphatic heterocycles. The third-order valence-corrected chi connectivity index (χ3v) is 4.13. The summed E-state index contributed by atoms with van der Waals surface area (Å²) in [6, 6.07) is 2.64. The van der Waals surface area contributed by atoms with E-state index >= 15 is 0 Å². The van der Waals surface area contributed by atoms with Crippen LogP contribution in [-0.2, 0) is 0 Å². The second-order valence-corrected chi connectivity index (χ2v) is 5.84. The zero-order valence-electron chi connectivity index (χ0n) is 13.6. The topological polar surface area (TPSA) is 24.9 Å². The molecule has 0 spiro atoms. The molecule has 0 aromatic carbocycles. The smallest absolute Gasteiger partial charge is 0.0321 e.